The van der Waals surface area contributed by atoms with Crippen molar-refractivity contribution in [3.8, 4) is 0 Å². The van der Waals surface area contributed by atoms with E-state index in [4.69, 9.17) is 16.3 Å². The molecule has 1 aromatic rings. The number of hydrogen-bond donors (Lipinski definition) is 1. The number of carbonyl (C=O) groups is 1. The maximum atomic E-state index is 11.8. The Hall–Kier alpha value is -1.22. The van der Waals surface area contributed by atoms with Gasteiger partial charge in [-0.15, -0.1) is 0 Å². The van der Waals surface area contributed by atoms with Gasteiger partial charge in [-0.2, -0.15) is 0 Å². The van der Waals surface area contributed by atoms with E-state index in [9.17, 15) is 4.79 Å². The SMILES string of the molecule is CCOC(=O)c1[nH]cc2c1C1C=C(Cl)C2CC1. The second-order valence-corrected chi connectivity index (χ2v) is 4.98. The molecule has 0 aliphatic heterocycles. The Morgan fingerprint density at radius 2 is 2.41 bits per heavy atom. The highest BCUT2D eigenvalue weighted by Gasteiger charge is 2.37. The number of hydrogen-bond acceptors (Lipinski definition) is 2. The van der Waals surface area contributed by atoms with E-state index in [2.05, 4.69) is 11.1 Å². The molecule has 17 heavy (non-hydrogen) atoms. The van der Waals surface area contributed by atoms with Crippen molar-refractivity contribution in [3.63, 3.8) is 0 Å². The highest BCUT2D eigenvalue weighted by atomic mass is 35.5. The van der Waals surface area contributed by atoms with Crippen LogP contribution in [0.5, 0.6) is 0 Å². The van der Waals surface area contributed by atoms with Gasteiger partial charge >= 0.3 is 5.97 Å². The summed E-state index contributed by atoms with van der Waals surface area (Å²) >= 11 is 6.22. The summed E-state index contributed by atoms with van der Waals surface area (Å²) in [5.74, 6) is 0.287. The fourth-order valence-electron chi connectivity index (χ4n) is 2.92. The Bertz CT molecular complexity index is 504. The van der Waals surface area contributed by atoms with Gasteiger partial charge < -0.3 is 9.72 Å². The van der Waals surface area contributed by atoms with Crippen molar-refractivity contribution in [2.24, 2.45) is 0 Å². The van der Waals surface area contributed by atoms with Gasteiger partial charge in [0, 0.05) is 23.1 Å². The van der Waals surface area contributed by atoms with E-state index in [-0.39, 0.29) is 17.8 Å². The lowest BCUT2D eigenvalue weighted by molar-refractivity contribution is 0.0518. The van der Waals surface area contributed by atoms with Crippen LogP contribution < -0.4 is 0 Å². The number of ether oxygens (including phenoxy) is 1. The molecule has 2 atom stereocenters. The quantitative estimate of drug-likeness (QED) is 0.820. The van der Waals surface area contributed by atoms with E-state index >= 15 is 0 Å². The molecule has 0 amide bonds. The molecule has 0 aromatic carbocycles. The number of carbonyl (C=O) groups excluding carboxylic acids is 1. The van der Waals surface area contributed by atoms with Crippen molar-refractivity contribution < 1.29 is 9.53 Å². The van der Waals surface area contributed by atoms with E-state index < -0.39 is 0 Å². The molecule has 0 fully saturated rings. The average Bonchev–Trinajstić information content (AvgIpc) is 2.75. The van der Waals surface area contributed by atoms with Crippen LogP contribution in [0.25, 0.3) is 0 Å². The lowest BCUT2D eigenvalue weighted by atomic mass is 9.72. The van der Waals surface area contributed by atoms with E-state index in [1.54, 1.807) is 0 Å². The molecular formula is C13H14ClNO2. The molecule has 4 rings (SSSR count). The predicted octanol–water partition coefficient (Wildman–Crippen LogP) is 3.29. The van der Waals surface area contributed by atoms with E-state index in [1.165, 1.54) is 5.56 Å². The summed E-state index contributed by atoms with van der Waals surface area (Å²) in [4.78, 5) is 14.9. The third-order valence-electron chi connectivity index (χ3n) is 3.64. The minimum atomic E-state index is -0.258. The van der Waals surface area contributed by atoms with Crippen molar-refractivity contribution in [1.29, 1.82) is 0 Å². The summed E-state index contributed by atoms with van der Waals surface area (Å²) < 4.78 is 5.06. The van der Waals surface area contributed by atoms with Crippen LogP contribution in [0, 0.1) is 0 Å². The molecule has 1 N–H and O–H groups in total. The van der Waals surface area contributed by atoms with Crippen molar-refractivity contribution in [3.05, 3.63) is 34.1 Å². The minimum Gasteiger partial charge on any atom is -0.461 e. The second kappa shape index (κ2) is 3.91. The topological polar surface area (TPSA) is 42.1 Å². The number of nitrogens with one attached hydrogen (secondary N) is 1. The zero-order valence-electron chi connectivity index (χ0n) is 9.63. The summed E-state index contributed by atoms with van der Waals surface area (Å²) in [6.07, 6.45) is 6.13. The van der Waals surface area contributed by atoms with E-state index in [1.807, 2.05) is 13.1 Å². The molecule has 0 saturated carbocycles. The lowest BCUT2D eigenvalue weighted by Gasteiger charge is -2.33. The van der Waals surface area contributed by atoms with Gasteiger partial charge in [0.2, 0.25) is 0 Å². The number of esters is 1. The average molecular weight is 252 g/mol. The van der Waals surface area contributed by atoms with Crippen LogP contribution in [-0.4, -0.2) is 17.6 Å². The number of halogens is 1. The van der Waals surface area contributed by atoms with Gasteiger partial charge in [-0.05, 0) is 30.9 Å². The van der Waals surface area contributed by atoms with Crippen LogP contribution in [0.4, 0.5) is 0 Å². The molecule has 3 aliphatic carbocycles. The lowest BCUT2D eigenvalue weighted by Crippen LogP contribution is -2.20. The van der Waals surface area contributed by atoms with Crippen molar-refractivity contribution >= 4 is 17.6 Å². The largest absolute Gasteiger partial charge is 0.461 e. The first kappa shape index (κ1) is 10.9. The van der Waals surface area contributed by atoms with E-state index in [0.717, 1.165) is 23.4 Å². The number of aromatic nitrogens is 1. The van der Waals surface area contributed by atoms with Crippen LogP contribution >= 0.6 is 11.6 Å². The molecule has 90 valence electrons. The van der Waals surface area contributed by atoms with Crippen molar-refractivity contribution in [2.45, 2.75) is 31.6 Å². The van der Waals surface area contributed by atoms with Crippen LogP contribution in [0.1, 0.15) is 53.2 Å². The van der Waals surface area contributed by atoms with Crippen molar-refractivity contribution in [1.82, 2.24) is 4.98 Å². The molecule has 0 radical (unpaired) electrons. The Morgan fingerprint density at radius 3 is 3.12 bits per heavy atom. The summed E-state index contributed by atoms with van der Waals surface area (Å²) in [5, 5.41) is 0.920. The van der Waals surface area contributed by atoms with Crippen LogP contribution in [0.2, 0.25) is 0 Å². The van der Waals surface area contributed by atoms with Crippen LogP contribution in [-0.2, 0) is 4.74 Å². The Kier molecular flexibility index (Phi) is 2.51. The highest BCUT2D eigenvalue weighted by molar-refractivity contribution is 6.30. The molecule has 0 spiro atoms. The summed E-state index contributed by atoms with van der Waals surface area (Å²) in [7, 11) is 0. The van der Waals surface area contributed by atoms with Gasteiger partial charge in [0.05, 0.1) is 6.61 Å². The normalized spacial score (nSPS) is 25.4. The smallest absolute Gasteiger partial charge is 0.355 e. The first-order valence-corrected chi connectivity index (χ1v) is 6.35. The molecule has 2 unspecified atom stereocenters. The Balaban J connectivity index is 2.04. The van der Waals surface area contributed by atoms with Gasteiger partial charge in [-0.3, -0.25) is 0 Å². The predicted molar refractivity (Wildman–Crippen MR) is 65.4 cm³/mol. The standard InChI is InChI=1S/C13H14ClNO2/c1-2-17-13(16)12-11-7-3-4-8(10(14)5-7)9(11)6-15-12/h5-8,15H,2-4H2,1H3. The first-order chi connectivity index (χ1) is 8.22. The van der Waals surface area contributed by atoms with Crippen LogP contribution in [0.15, 0.2) is 17.3 Å². The summed E-state index contributed by atoms with van der Waals surface area (Å²) in [6.45, 7) is 2.22. The van der Waals surface area contributed by atoms with Crippen molar-refractivity contribution in [2.75, 3.05) is 6.61 Å². The zero-order chi connectivity index (χ0) is 12.0. The number of rotatable bonds is 2. The Morgan fingerprint density at radius 1 is 1.59 bits per heavy atom. The number of allylic oxidation sites excluding steroid dienone is 2. The molecule has 4 heteroatoms. The minimum absolute atomic E-state index is 0.258. The third-order valence-corrected chi connectivity index (χ3v) is 4.03. The van der Waals surface area contributed by atoms with E-state index in [0.29, 0.717) is 12.3 Å². The van der Waals surface area contributed by atoms with Gasteiger partial charge in [0.25, 0.3) is 0 Å². The maximum absolute atomic E-state index is 11.8. The summed E-state index contributed by atoms with van der Waals surface area (Å²) in [5.41, 5.74) is 2.89. The van der Waals surface area contributed by atoms with Gasteiger partial charge in [-0.1, -0.05) is 17.7 Å². The number of fused-ring (bicyclic) bond motifs is 1. The third kappa shape index (κ3) is 1.53. The molecule has 0 saturated heterocycles. The fraction of sp³-hybridized carbons (Fsp3) is 0.462. The second-order valence-electron chi connectivity index (χ2n) is 4.54. The zero-order valence-corrected chi connectivity index (χ0v) is 10.4. The fourth-order valence-corrected chi connectivity index (χ4v) is 3.30. The van der Waals surface area contributed by atoms with Crippen LogP contribution in [0.3, 0.4) is 0 Å². The number of aromatic amines is 1. The molecule has 2 bridgehead atoms. The maximum Gasteiger partial charge on any atom is 0.355 e. The Labute approximate surface area is 105 Å². The molecule has 3 nitrogen and oxygen atoms in total. The monoisotopic (exact) mass is 251 g/mol. The summed E-state index contributed by atoms with van der Waals surface area (Å²) in [6, 6.07) is 0. The molecule has 3 aliphatic rings. The highest BCUT2D eigenvalue weighted by Crippen LogP contribution is 2.51. The first-order valence-electron chi connectivity index (χ1n) is 5.97. The number of H-pyrrole nitrogens is 1. The van der Waals surface area contributed by atoms with Gasteiger partial charge in [0.15, 0.2) is 0 Å². The molecule has 1 heterocycles. The van der Waals surface area contributed by atoms with Gasteiger partial charge in [-0.25, -0.2) is 4.79 Å². The molecule has 1 aromatic heterocycles. The molecular weight excluding hydrogens is 238 g/mol. The van der Waals surface area contributed by atoms with Gasteiger partial charge in [0.1, 0.15) is 5.69 Å².